The Kier molecular flexibility index (Phi) is 5.62. The molecule has 2 N–H and O–H groups in total. The van der Waals surface area contributed by atoms with Gasteiger partial charge in [-0.05, 0) is 49.4 Å². The van der Waals surface area contributed by atoms with Gasteiger partial charge in [0.15, 0.2) is 6.10 Å². The van der Waals surface area contributed by atoms with Crippen LogP contribution < -0.4 is 10.1 Å². The topological polar surface area (TPSA) is 58.6 Å². The van der Waals surface area contributed by atoms with Crippen molar-refractivity contribution in [3.05, 3.63) is 29.3 Å². The number of amides is 1. The van der Waals surface area contributed by atoms with Crippen LogP contribution in [0.15, 0.2) is 18.2 Å². The maximum Gasteiger partial charge on any atom is 0.260 e. The monoisotopic (exact) mass is 291 g/mol. The normalized spacial score (nSPS) is 18.1. The molecule has 1 aromatic rings. The highest BCUT2D eigenvalue weighted by molar-refractivity contribution is 5.80. The van der Waals surface area contributed by atoms with Gasteiger partial charge in [0.05, 0.1) is 6.10 Å². The van der Waals surface area contributed by atoms with Gasteiger partial charge >= 0.3 is 0 Å². The molecule has 0 saturated carbocycles. The van der Waals surface area contributed by atoms with Crippen molar-refractivity contribution in [1.82, 2.24) is 5.32 Å². The van der Waals surface area contributed by atoms with Crippen LogP contribution in [0.1, 0.15) is 56.8 Å². The highest BCUT2D eigenvalue weighted by atomic mass is 16.5. The number of aliphatic hydroxyl groups excluding tert-OH is 1. The van der Waals surface area contributed by atoms with E-state index in [2.05, 4.69) is 12.2 Å². The summed E-state index contributed by atoms with van der Waals surface area (Å²) in [6.07, 6.45) is 4.05. The van der Waals surface area contributed by atoms with Crippen molar-refractivity contribution in [3.63, 3.8) is 0 Å². The number of hydrogen-bond acceptors (Lipinski definition) is 3. The Bertz CT molecular complexity index is 487. The van der Waals surface area contributed by atoms with E-state index in [9.17, 15) is 9.90 Å². The number of nitrogens with one attached hydrogen (secondary N) is 1. The van der Waals surface area contributed by atoms with E-state index >= 15 is 0 Å². The van der Waals surface area contributed by atoms with Crippen LogP contribution in [0, 0.1) is 0 Å². The van der Waals surface area contributed by atoms with Gasteiger partial charge in [-0.25, -0.2) is 0 Å². The molecule has 0 heterocycles. The highest BCUT2D eigenvalue weighted by Gasteiger charge is 2.21. The second-order valence-electron chi connectivity index (χ2n) is 5.67. The molecule has 4 nitrogen and oxygen atoms in total. The number of hydrogen-bond donors (Lipinski definition) is 2. The molecule has 2 rings (SSSR count). The fourth-order valence-corrected chi connectivity index (χ4v) is 2.63. The van der Waals surface area contributed by atoms with Gasteiger partial charge in [-0.1, -0.05) is 25.8 Å². The van der Waals surface area contributed by atoms with Crippen molar-refractivity contribution in [2.75, 3.05) is 6.54 Å². The van der Waals surface area contributed by atoms with E-state index in [1.165, 1.54) is 0 Å². The van der Waals surface area contributed by atoms with Crippen LogP contribution in [-0.2, 0) is 11.2 Å². The Morgan fingerprint density at radius 1 is 1.48 bits per heavy atom. The van der Waals surface area contributed by atoms with Crippen LogP contribution in [0.25, 0.3) is 0 Å². The minimum atomic E-state index is -0.504. The number of carbonyl (C=O) groups is 1. The molecule has 0 aromatic heterocycles. The molecule has 0 radical (unpaired) electrons. The molecule has 1 amide bonds. The van der Waals surface area contributed by atoms with Gasteiger partial charge in [0.1, 0.15) is 5.75 Å². The third-order valence-electron chi connectivity index (χ3n) is 3.92. The SMILES string of the molecule is CCCCCNC(=O)C(C)Oc1ccc2c(c1)CC[C@H]2O. The average Bonchev–Trinajstić information content (AvgIpc) is 2.84. The first-order valence-corrected chi connectivity index (χ1v) is 7.87. The second-order valence-corrected chi connectivity index (χ2v) is 5.67. The lowest BCUT2D eigenvalue weighted by Crippen LogP contribution is -2.36. The Balaban J connectivity index is 1.85. The molecular weight excluding hydrogens is 266 g/mol. The Morgan fingerprint density at radius 2 is 2.29 bits per heavy atom. The fourth-order valence-electron chi connectivity index (χ4n) is 2.63. The van der Waals surface area contributed by atoms with Gasteiger partial charge < -0.3 is 15.2 Å². The summed E-state index contributed by atoms with van der Waals surface area (Å²) in [5.74, 6) is 0.616. The van der Waals surface area contributed by atoms with E-state index in [4.69, 9.17) is 4.74 Å². The van der Waals surface area contributed by atoms with Crippen LogP contribution in [0.3, 0.4) is 0 Å². The number of rotatable bonds is 7. The zero-order valence-electron chi connectivity index (χ0n) is 12.9. The third-order valence-corrected chi connectivity index (χ3v) is 3.92. The van der Waals surface area contributed by atoms with Crippen LogP contribution in [0.2, 0.25) is 0 Å². The lowest BCUT2D eigenvalue weighted by Gasteiger charge is -2.15. The van der Waals surface area contributed by atoms with Crippen LogP contribution in [0.5, 0.6) is 5.75 Å². The Morgan fingerprint density at radius 3 is 3.05 bits per heavy atom. The molecule has 0 bridgehead atoms. The molecule has 0 saturated heterocycles. The first-order chi connectivity index (χ1) is 10.1. The van der Waals surface area contributed by atoms with E-state index in [1.54, 1.807) is 6.92 Å². The molecule has 0 fully saturated rings. The molecule has 4 heteroatoms. The van der Waals surface area contributed by atoms with E-state index < -0.39 is 6.10 Å². The fraction of sp³-hybridized carbons (Fsp3) is 0.588. The van der Waals surface area contributed by atoms with E-state index in [1.807, 2.05) is 18.2 Å². The maximum atomic E-state index is 11.9. The third kappa shape index (κ3) is 4.21. The largest absolute Gasteiger partial charge is 0.481 e. The lowest BCUT2D eigenvalue weighted by molar-refractivity contribution is -0.127. The van der Waals surface area contributed by atoms with Crippen LogP contribution >= 0.6 is 0 Å². The molecule has 2 atom stereocenters. The van der Waals surface area contributed by atoms with Gasteiger partial charge in [-0.15, -0.1) is 0 Å². The van der Waals surface area contributed by atoms with E-state index in [0.717, 1.165) is 43.2 Å². The number of ether oxygens (including phenoxy) is 1. The van der Waals surface area contributed by atoms with Gasteiger partial charge in [-0.3, -0.25) is 4.79 Å². The number of carbonyl (C=O) groups excluding carboxylic acids is 1. The van der Waals surface area contributed by atoms with Crippen molar-refractivity contribution in [2.24, 2.45) is 0 Å². The predicted octanol–water partition coefficient (Wildman–Crippen LogP) is 2.74. The van der Waals surface area contributed by atoms with Gasteiger partial charge in [-0.2, -0.15) is 0 Å². The summed E-state index contributed by atoms with van der Waals surface area (Å²) in [7, 11) is 0. The van der Waals surface area contributed by atoms with Crippen molar-refractivity contribution in [2.45, 2.75) is 58.2 Å². The summed E-state index contributed by atoms with van der Waals surface area (Å²) >= 11 is 0. The molecule has 116 valence electrons. The summed E-state index contributed by atoms with van der Waals surface area (Å²) in [6.45, 7) is 4.60. The summed E-state index contributed by atoms with van der Waals surface area (Å²) in [6, 6.07) is 5.66. The molecule has 1 aromatic carbocycles. The standard InChI is InChI=1S/C17H25NO3/c1-3-4-5-10-18-17(20)12(2)21-14-7-8-15-13(11-14)6-9-16(15)19/h7-8,11-12,16,19H,3-6,9-10H2,1-2H3,(H,18,20)/t12?,16-/m1/s1. The first kappa shape index (κ1) is 15.8. The van der Waals surface area contributed by atoms with Crippen molar-refractivity contribution < 1.29 is 14.6 Å². The van der Waals surface area contributed by atoms with Gasteiger partial charge in [0, 0.05) is 6.54 Å². The lowest BCUT2D eigenvalue weighted by atomic mass is 10.1. The molecule has 0 aliphatic heterocycles. The number of aryl methyl sites for hydroxylation is 1. The summed E-state index contributed by atoms with van der Waals surface area (Å²) in [5.41, 5.74) is 2.11. The zero-order valence-corrected chi connectivity index (χ0v) is 12.9. The number of aliphatic hydroxyl groups is 1. The molecule has 1 aliphatic carbocycles. The predicted molar refractivity (Wildman–Crippen MR) is 82.3 cm³/mol. The summed E-state index contributed by atoms with van der Waals surface area (Å²) in [5, 5.41) is 12.7. The van der Waals surface area contributed by atoms with E-state index in [-0.39, 0.29) is 12.0 Å². The molecular formula is C17H25NO3. The second kappa shape index (κ2) is 7.46. The Hall–Kier alpha value is -1.55. The van der Waals surface area contributed by atoms with E-state index in [0.29, 0.717) is 12.3 Å². The smallest absolute Gasteiger partial charge is 0.260 e. The number of fused-ring (bicyclic) bond motifs is 1. The maximum absolute atomic E-state index is 11.9. The summed E-state index contributed by atoms with van der Waals surface area (Å²) < 4.78 is 5.70. The van der Waals surface area contributed by atoms with Gasteiger partial charge in [0.2, 0.25) is 0 Å². The first-order valence-electron chi connectivity index (χ1n) is 7.87. The number of unbranched alkanes of at least 4 members (excludes halogenated alkanes) is 2. The van der Waals surface area contributed by atoms with Crippen molar-refractivity contribution in [3.8, 4) is 5.75 Å². The summed E-state index contributed by atoms with van der Waals surface area (Å²) in [4.78, 5) is 11.9. The average molecular weight is 291 g/mol. The zero-order chi connectivity index (χ0) is 15.2. The molecule has 1 aliphatic rings. The molecule has 0 spiro atoms. The van der Waals surface area contributed by atoms with Gasteiger partial charge in [0.25, 0.3) is 5.91 Å². The van der Waals surface area contributed by atoms with Crippen LogP contribution in [-0.4, -0.2) is 23.7 Å². The molecule has 21 heavy (non-hydrogen) atoms. The minimum Gasteiger partial charge on any atom is -0.481 e. The minimum absolute atomic E-state index is 0.0772. The Labute approximate surface area is 126 Å². The highest BCUT2D eigenvalue weighted by Crippen LogP contribution is 2.33. The number of benzene rings is 1. The van der Waals surface area contributed by atoms with Crippen molar-refractivity contribution >= 4 is 5.91 Å². The molecule has 1 unspecified atom stereocenters. The van der Waals surface area contributed by atoms with Crippen LogP contribution in [0.4, 0.5) is 0 Å². The quantitative estimate of drug-likeness (QED) is 0.759. The van der Waals surface area contributed by atoms with Crippen molar-refractivity contribution in [1.29, 1.82) is 0 Å².